The van der Waals surface area contributed by atoms with E-state index in [2.05, 4.69) is 15.5 Å². The van der Waals surface area contributed by atoms with Gasteiger partial charge in [-0.05, 0) is 49.2 Å². The van der Waals surface area contributed by atoms with E-state index < -0.39 is 21.7 Å². The summed E-state index contributed by atoms with van der Waals surface area (Å²) in [5.74, 6) is -1.02. The van der Waals surface area contributed by atoms with Crippen molar-refractivity contribution in [2.45, 2.75) is 18.7 Å². The standard InChI is InChI=1S/C17H15FN4O3S2/c1-9-7-11(8-14(10(9)2)27(19,24)25)15(23)20-17-22-21-16(26-17)12-5-3-4-6-13(12)18/h3-8H,1-2H3,(H2,19,24,25)(H,20,22,23). The van der Waals surface area contributed by atoms with Crippen LogP contribution in [0.25, 0.3) is 10.6 Å². The van der Waals surface area contributed by atoms with Gasteiger partial charge in [0.05, 0.1) is 4.90 Å². The minimum atomic E-state index is -3.97. The molecule has 0 saturated heterocycles. The Hall–Kier alpha value is -2.69. The van der Waals surface area contributed by atoms with E-state index >= 15 is 0 Å². The third-order valence-corrected chi connectivity index (χ3v) is 5.85. The summed E-state index contributed by atoms with van der Waals surface area (Å²) in [6.45, 7) is 3.30. The van der Waals surface area contributed by atoms with Crippen molar-refractivity contribution in [3.8, 4) is 10.6 Å². The van der Waals surface area contributed by atoms with Gasteiger partial charge in [0.1, 0.15) is 5.82 Å². The number of carbonyl (C=O) groups excluding carboxylic acids is 1. The molecule has 1 aromatic heterocycles. The predicted octanol–water partition coefficient (Wildman–Crippen LogP) is 2.86. The van der Waals surface area contributed by atoms with E-state index in [4.69, 9.17) is 5.14 Å². The van der Waals surface area contributed by atoms with E-state index in [1.807, 2.05) is 0 Å². The molecule has 3 N–H and O–H groups in total. The third-order valence-electron chi connectivity index (χ3n) is 3.94. The van der Waals surface area contributed by atoms with Crippen molar-refractivity contribution in [3.05, 3.63) is 58.9 Å². The van der Waals surface area contributed by atoms with E-state index in [0.29, 0.717) is 16.1 Å². The average Bonchev–Trinajstić information content (AvgIpc) is 3.04. The Kier molecular flexibility index (Phi) is 5.05. The Morgan fingerprint density at radius 2 is 1.89 bits per heavy atom. The van der Waals surface area contributed by atoms with Crippen LogP contribution < -0.4 is 10.5 Å². The molecule has 0 unspecified atom stereocenters. The molecule has 0 spiro atoms. The van der Waals surface area contributed by atoms with Gasteiger partial charge in [-0.15, -0.1) is 10.2 Å². The van der Waals surface area contributed by atoms with Gasteiger partial charge < -0.3 is 0 Å². The first kappa shape index (κ1) is 19.1. The lowest BCUT2D eigenvalue weighted by Gasteiger charge is -2.10. The van der Waals surface area contributed by atoms with Crippen LogP contribution in [0.1, 0.15) is 21.5 Å². The lowest BCUT2D eigenvalue weighted by Crippen LogP contribution is -2.17. The lowest BCUT2D eigenvalue weighted by atomic mass is 10.1. The van der Waals surface area contributed by atoms with Gasteiger partial charge in [-0.2, -0.15) is 0 Å². The number of nitrogens with zero attached hydrogens (tertiary/aromatic N) is 2. The van der Waals surface area contributed by atoms with Gasteiger partial charge in [0.15, 0.2) is 5.01 Å². The van der Waals surface area contributed by atoms with Gasteiger partial charge in [-0.1, -0.05) is 23.5 Å². The highest BCUT2D eigenvalue weighted by atomic mass is 32.2. The molecule has 0 atom stereocenters. The van der Waals surface area contributed by atoms with Crippen molar-refractivity contribution >= 4 is 32.4 Å². The summed E-state index contributed by atoms with van der Waals surface area (Å²) in [7, 11) is -3.97. The van der Waals surface area contributed by atoms with Gasteiger partial charge in [0.25, 0.3) is 5.91 Å². The Morgan fingerprint density at radius 3 is 2.56 bits per heavy atom. The topological polar surface area (TPSA) is 115 Å². The van der Waals surface area contributed by atoms with Gasteiger partial charge in [0, 0.05) is 11.1 Å². The Morgan fingerprint density at radius 1 is 1.19 bits per heavy atom. The van der Waals surface area contributed by atoms with Crippen LogP contribution in [0.4, 0.5) is 9.52 Å². The molecule has 7 nitrogen and oxygen atoms in total. The molecule has 1 heterocycles. The number of carbonyl (C=O) groups is 1. The second-order valence-corrected chi connectivity index (χ2v) is 8.31. The first-order valence-corrected chi connectivity index (χ1v) is 10.1. The number of aromatic nitrogens is 2. The Balaban J connectivity index is 1.89. The second kappa shape index (κ2) is 7.14. The molecular formula is C17H15FN4O3S2. The van der Waals surface area contributed by atoms with E-state index in [1.54, 1.807) is 38.1 Å². The summed E-state index contributed by atoms with van der Waals surface area (Å²) in [5, 5.41) is 15.9. The van der Waals surface area contributed by atoms with Gasteiger partial charge in [0.2, 0.25) is 15.2 Å². The zero-order valence-corrected chi connectivity index (χ0v) is 16.0. The van der Waals surface area contributed by atoms with Gasteiger partial charge in [-0.3, -0.25) is 10.1 Å². The van der Waals surface area contributed by atoms with Gasteiger partial charge >= 0.3 is 0 Å². The number of benzene rings is 2. The number of sulfonamides is 1. The summed E-state index contributed by atoms with van der Waals surface area (Å²) < 4.78 is 37.3. The molecule has 0 aliphatic rings. The molecule has 140 valence electrons. The molecule has 27 heavy (non-hydrogen) atoms. The van der Waals surface area contributed by atoms with Crippen LogP contribution in [-0.4, -0.2) is 24.5 Å². The smallest absolute Gasteiger partial charge is 0.257 e. The quantitative estimate of drug-likeness (QED) is 0.691. The fourth-order valence-electron chi connectivity index (χ4n) is 2.44. The van der Waals surface area contributed by atoms with Crippen molar-refractivity contribution in [2.24, 2.45) is 5.14 Å². The van der Waals surface area contributed by atoms with E-state index in [-0.39, 0.29) is 21.2 Å². The SMILES string of the molecule is Cc1cc(C(=O)Nc2nnc(-c3ccccc3F)s2)cc(S(N)(=O)=O)c1C. The number of anilines is 1. The Bertz CT molecular complexity index is 1140. The maximum Gasteiger partial charge on any atom is 0.257 e. The first-order chi connectivity index (χ1) is 12.7. The summed E-state index contributed by atoms with van der Waals surface area (Å²) in [6, 6.07) is 8.86. The maximum atomic E-state index is 13.8. The zero-order valence-electron chi connectivity index (χ0n) is 14.4. The number of nitrogens with two attached hydrogens (primary N) is 1. The molecule has 0 radical (unpaired) electrons. The molecule has 0 aliphatic carbocycles. The highest BCUT2D eigenvalue weighted by Crippen LogP contribution is 2.28. The number of hydrogen-bond acceptors (Lipinski definition) is 6. The average molecular weight is 406 g/mol. The van der Waals surface area contributed by atoms with Crippen LogP contribution >= 0.6 is 11.3 Å². The molecule has 0 fully saturated rings. The molecular weight excluding hydrogens is 391 g/mol. The Labute approximate surface area is 159 Å². The van der Waals surface area contributed by atoms with Crippen LogP contribution in [-0.2, 0) is 10.0 Å². The van der Waals surface area contributed by atoms with E-state index in [1.165, 1.54) is 12.1 Å². The third kappa shape index (κ3) is 4.02. The molecule has 0 bridgehead atoms. The van der Waals surface area contributed by atoms with Crippen molar-refractivity contribution in [1.29, 1.82) is 0 Å². The molecule has 1 amide bonds. The molecule has 2 aromatic carbocycles. The number of rotatable bonds is 4. The van der Waals surface area contributed by atoms with Crippen molar-refractivity contribution in [3.63, 3.8) is 0 Å². The maximum absolute atomic E-state index is 13.8. The van der Waals surface area contributed by atoms with Crippen molar-refractivity contribution in [2.75, 3.05) is 5.32 Å². The zero-order chi connectivity index (χ0) is 19.8. The monoisotopic (exact) mass is 406 g/mol. The summed E-state index contributed by atoms with van der Waals surface area (Å²) in [6.07, 6.45) is 0. The first-order valence-electron chi connectivity index (χ1n) is 7.70. The lowest BCUT2D eigenvalue weighted by molar-refractivity contribution is 0.102. The number of hydrogen-bond donors (Lipinski definition) is 2. The van der Waals surface area contributed by atoms with Crippen LogP contribution in [0.2, 0.25) is 0 Å². The van der Waals surface area contributed by atoms with Crippen molar-refractivity contribution < 1.29 is 17.6 Å². The van der Waals surface area contributed by atoms with Crippen LogP contribution in [0.15, 0.2) is 41.3 Å². The number of halogens is 1. The normalized spacial score (nSPS) is 11.4. The number of aryl methyl sites for hydroxylation is 1. The van der Waals surface area contributed by atoms with Crippen molar-refractivity contribution in [1.82, 2.24) is 10.2 Å². The fraction of sp³-hybridized carbons (Fsp3) is 0.118. The number of amides is 1. The van der Waals surface area contributed by atoms with Crippen LogP contribution in [0.3, 0.4) is 0 Å². The predicted molar refractivity (Wildman–Crippen MR) is 101 cm³/mol. The van der Waals surface area contributed by atoms with Gasteiger partial charge in [-0.25, -0.2) is 17.9 Å². The van der Waals surface area contributed by atoms with Crippen LogP contribution in [0.5, 0.6) is 0 Å². The number of nitrogens with one attached hydrogen (secondary N) is 1. The minimum Gasteiger partial charge on any atom is -0.296 e. The summed E-state index contributed by atoms with van der Waals surface area (Å²) in [4.78, 5) is 12.4. The highest BCUT2D eigenvalue weighted by Gasteiger charge is 2.19. The molecule has 0 saturated carbocycles. The second-order valence-electron chi connectivity index (χ2n) is 5.81. The fourth-order valence-corrected chi connectivity index (χ4v) is 4.08. The summed E-state index contributed by atoms with van der Waals surface area (Å²) >= 11 is 1.00. The largest absolute Gasteiger partial charge is 0.296 e. The van der Waals surface area contributed by atoms with E-state index in [9.17, 15) is 17.6 Å². The highest BCUT2D eigenvalue weighted by molar-refractivity contribution is 7.89. The molecule has 10 heteroatoms. The summed E-state index contributed by atoms with van der Waals surface area (Å²) in [5.41, 5.74) is 1.48. The molecule has 3 rings (SSSR count). The minimum absolute atomic E-state index is 0.114. The van der Waals surface area contributed by atoms with E-state index in [0.717, 1.165) is 11.3 Å². The molecule has 0 aliphatic heterocycles. The van der Waals surface area contributed by atoms with Crippen LogP contribution in [0, 0.1) is 19.7 Å². The number of primary sulfonamides is 1. The molecule has 3 aromatic rings.